The first-order valence-corrected chi connectivity index (χ1v) is 9.71. The van der Waals surface area contributed by atoms with Crippen LogP contribution in [0.25, 0.3) is 10.9 Å². The fraction of sp³-hybridized carbons (Fsp3) is 0.348. The van der Waals surface area contributed by atoms with Crippen LogP contribution in [0.4, 0.5) is 9.18 Å². The van der Waals surface area contributed by atoms with Crippen molar-refractivity contribution in [2.75, 3.05) is 13.7 Å². The normalized spacial score (nSPS) is 11.5. The molecule has 0 saturated carbocycles. The van der Waals surface area contributed by atoms with E-state index >= 15 is 0 Å². The van der Waals surface area contributed by atoms with Crippen LogP contribution in [0.2, 0.25) is 0 Å². The van der Waals surface area contributed by atoms with E-state index in [1.807, 2.05) is 45.2 Å². The smallest absolute Gasteiger partial charge is 0.318 e. The van der Waals surface area contributed by atoms with Crippen molar-refractivity contribution in [3.63, 3.8) is 0 Å². The summed E-state index contributed by atoms with van der Waals surface area (Å²) in [6.45, 7) is 6.80. The van der Waals surface area contributed by atoms with Crippen LogP contribution in [0, 0.1) is 5.82 Å². The van der Waals surface area contributed by atoms with Crippen molar-refractivity contribution in [2.45, 2.75) is 39.3 Å². The Kier molecular flexibility index (Phi) is 6.11. The molecular formula is C23H28FN3O2. The molecule has 2 N–H and O–H groups in total. The minimum atomic E-state index is -0.341. The van der Waals surface area contributed by atoms with Crippen LogP contribution in [-0.2, 0) is 13.0 Å². The van der Waals surface area contributed by atoms with Gasteiger partial charge in [-0.25, -0.2) is 9.18 Å². The lowest BCUT2D eigenvalue weighted by atomic mass is 10.1. The summed E-state index contributed by atoms with van der Waals surface area (Å²) >= 11 is 0. The van der Waals surface area contributed by atoms with Crippen molar-refractivity contribution in [2.24, 2.45) is 0 Å². The monoisotopic (exact) mass is 397 g/mol. The quantitative estimate of drug-likeness (QED) is 0.624. The third-order valence-corrected chi connectivity index (χ3v) is 4.68. The van der Waals surface area contributed by atoms with E-state index in [4.69, 9.17) is 4.74 Å². The second-order valence-corrected chi connectivity index (χ2v) is 8.20. The number of nitrogens with zero attached hydrogens (tertiary/aromatic N) is 1. The standard InChI is InChI=1S/C23H28FN3O2/c1-23(2,3)26-22(28)27(15-16-5-7-18(24)8-6-16)12-11-17-14-25-21-10-9-19(29-4)13-20(17)21/h5-10,13-14,25H,11-12,15H2,1-4H3,(H,26,28). The van der Waals surface area contributed by atoms with Gasteiger partial charge in [0.25, 0.3) is 0 Å². The molecule has 0 aliphatic heterocycles. The molecule has 0 aliphatic carbocycles. The summed E-state index contributed by atoms with van der Waals surface area (Å²) in [5, 5.41) is 4.11. The minimum absolute atomic E-state index is 0.140. The number of hydrogen-bond acceptors (Lipinski definition) is 2. The molecule has 0 unspecified atom stereocenters. The molecular weight excluding hydrogens is 369 g/mol. The largest absolute Gasteiger partial charge is 0.497 e. The van der Waals surface area contributed by atoms with Crippen molar-refractivity contribution >= 4 is 16.9 Å². The molecule has 5 nitrogen and oxygen atoms in total. The zero-order valence-electron chi connectivity index (χ0n) is 17.4. The maximum Gasteiger partial charge on any atom is 0.318 e. The SMILES string of the molecule is COc1ccc2[nH]cc(CCN(Cc3ccc(F)cc3)C(=O)NC(C)(C)C)c2c1. The molecule has 0 bridgehead atoms. The van der Waals surface area contributed by atoms with E-state index in [-0.39, 0.29) is 17.4 Å². The van der Waals surface area contributed by atoms with Crippen LogP contribution in [-0.4, -0.2) is 35.1 Å². The average Bonchev–Trinajstić information content (AvgIpc) is 3.07. The Morgan fingerprint density at radius 2 is 1.90 bits per heavy atom. The molecule has 3 aromatic rings. The second-order valence-electron chi connectivity index (χ2n) is 8.20. The number of fused-ring (bicyclic) bond motifs is 1. The molecule has 0 atom stereocenters. The number of amides is 2. The third kappa shape index (κ3) is 5.50. The van der Waals surface area contributed by atoms with Crippen LogP contribution in [0.1, 0.15) is 31.9 Å². The van der Waals surface area contributed by atoms with Gasteiger partial charge in [0.05, 0.1) is 7.11 Å². The Morgan fingerprint density at radius 1 is 1.17 bits per heavy atom. The maximum absolute atomic E-state index is 13.2. The van der Waals surface area contributed by atoms with Crippen molar-refractivity contribution in [1.82, 2.24) is 15.2 Å². The van der Waals surface area contributed by atoms with Gasteiger partial charge < -0.3 is 19.9 Å². The fourth-order valence-corrected chi connectivity index (χ4v) is 3.21. The van der Waals surface area contributed by atoms with E-state index < -0.39 is 0 Å². The molecule has 154 valence electrons. The molecule has 0 fully saturated rings. The van der Waals surface area contributed by atoms with Gasteiger partial charge in [-0.1, -0.05) is 12.1 Å². The summed E-state index contributed by atoms with van der Waals surface area (Å²) in [5.41, 5.74) is 2.69. The lowest BCUT2D eigenvalue weighted by molar-refractivity contribution is 0.186. The summed E-state index contributed by atoms with van der Waals surface area (Å²) in [7, 11) is 1.65. The average molecular weight is 397 g/mol. The van der Waals surface area contributed by atoms with Crippen molar-refractivity contribution in [3.05, 3.63) is 65.6 Å². The molecule has 6 heteroatoms. The Labute approximate surface area is 170 Å². The van der Waals surface area contributed by atoms with Crippen molar-refractivity contribution in [3.8, 4) is 5.75 Å². The fourth-order valence-electron chi connectivity index (χ4n) is 3.21. The van der Waals surface area contributed by atoms with Crippen molar-refractivity contribution in [1.29, 1.82) is 0 Å². The summed E-state index contributed by atoms with van der Waals surface area (Å²) in [4.78, 5) is 17.9. The van der Waals surface area contributed by atoms with Crippen LogP contribution < -0.4 is 10.1 Å². The number of benzene rings is 2. The van der Waals surface area contributed by atoms with Gasteiger partial charge in [-0.15, -0.1) is 0 Å². The van der Waals surface area contributed by atoms with Gasteiger partial charge in [-0.05, 0) is 68.7 Å². The van der Waals surface area contributed by atoms with Crippen molar-refractivity contribution < 1.29 is 13.9 Å². The van der Waals surface area contributed by atoms with E-state index in [0.29, 0.717) is 19.5 Å². The summed E-state index contributed by atoms with van der Waals surface area (Å²) < 4.78 is 18.6. The Balaban J connectivity index is 1.79. The summed E-state index contributed by atoms with van der Waals surface area (Å²) in [5.74, 6) is 0.513. The number of H-pyrrole nitrogens is 1. The summed E-state index contributed by atoms with van der Waals surface area (Å²) in [6, 6.07) is 12.0. The Bertz CT molecular complexity index is 974. The molecule has 3 rings (SSSR count). The van der Waals surface area contributed by atoms with Crippen LogP contribution in [0.3, 0.4) is 0 Å². The number of ether oxygens (including phenoxy) is 1. The van der Waals surface area contributed by atoms with Crippen LogP contribution >= 0.6 is 0 Å². The molecule has 0 saturated heterocycles. The van der Waals surface area contributed by atoms with E-state index in [1.54, 1.807) is 24.1 Å². The second kappa shape index (κ2) is 8.55. The van der Waals surface area contributed by atoms with Gasteiger partial charge >= 0.3 is 6.03 Å². The highest BCUT2D eigenvalue weighted by molar-refractivity contribution is 5.84. The molecule has 0 spiro atoms. The minimum Gasteiger partial charge on any atom is -0.497 e. The number of aromatic nitrogens is 1. The van der Waals surface area contributed by atoms with Gasteiger partial charge in [-0.2, -0.15) is 0 Å². The van der Waals surface area contributed by atoms with Crippen LogP contribution in [0.15, 0.2) is 48.7 Å². The molecule has 1 aromatic heterocycles. The van der Waals surface area contributed by atoms with Crippen LogP contribution in [0.5, 0.6) is 5.75 Å². The number of aromatic amines is 1. The molecule has 0 aliphatic rings. The van der Waals surface area contributed by atoms with Gasteiger partial charge in [0, 0.05) is 35.7 Å². The maximum atomic E-state index is 13.2. The first kappa shape index (κ1) is 20.7. The number of urea groups is 1. The highest BCUT2D eigenvalue weighted by atomic mass is 19.1. The highest BCUT2D eigenvalue weighted by Gasteiger charge is 2.20. The van der Waals surface area contributed by atoms with E-state index in [1.165, 1.54) is 12.1 Å². The van der Waals surface area contributed by atoms with Gasteiger partial charge in [0.15, 0.2) is 0 Å². The molecule has 2 amide bonds. The number of carbonyl (C=O) groups excluding carboxylic acids is 1. The zero-order valence-corrected chi connectivity index (χ0v) is 17.4. The highest BCUT2D eigenvalue weighted by Crippen LogP contribution is 2.24. The van der Waals surface area contributed by atoms with E-state index in [0.717, 1.165) is 27.8 Å². The predicted octanol–water partition coefficient (Wildman–Crippen LogP) is 4.87. The topological polar surface area (TPSA) is 57.4 Å². The third-order valence-electron chi connectivity index (χ3n) is 4.68. The van der Waals surface area contributed by atoms with Gasteiger partial charge in [0.2, 0.25) is 0 Å². The van der Waals surface area contributed by atoms with E-state index in [2.05, 4.69) is 10.3 Å². The lowest BCUT2D eigenvalue weighted by Gasteiger charge is -2.28. The first-order chi connectivity index (χ1) is 13.7. The number of nitrogens with one attached hydrogen (secondary N) is 2. The lowest BCUT2D eigenvalue weighted by Crippen LogP contribution is -2.48. The number of methoxy groups -OCH3 is 1. The number of hydrogen-bond donors (Lipinski definition) is 2. The zero-order chi connectivity index (χ0) is 21.0. The molecule has 2 aromatic carbocycles. The molecule has 1 heterocycles. The Morgan fingerprint density at radius 3 is 2.55 bits per heavy atom. The molecule has 29 heavy (non-hydrogen) atoms. The number of rotatable bonds is 6. The number of halogens is 1. The van der Waals surface area contributed by atoms with Gasteiger partial charge in [-0.3, -0.25) is 0 Å². The number of carbonyl (C=O) groups is 1. The Hall–Kier alpha value is -3.02. The molecule has 0 radical (unpaired) electrons. The first-order valence-electron chi connectivity index (χ1n) is 9.71. The van der Waals surface area contributed by atoms with E-state index in [9.17, 15) is 9.18 Å². The summed E-state index contributed by atoms with van der Waals surface area (Å²) in [6.07, 6.45) is 2.66. The predicted molar refractivity (Wildman–Crippen MR) is 114 cm³/mol. The van der Waals surface area contributed by atoms with Gasteiger partial charge in [0.1, 0.15) is 11.6 Å².